The van der Waals surface area contributed by atoms with Crippen LogP contribution >= 0.6 is 11.8 Å². The van der Waals surface area contributed by atoms with Gasteiger partial charge in [-0.3, -0.25) is 0 Å². The predicted molar refractivity (Wildman–Crippen MR) is 92.3 cm³/mol. The number of benzene rings is 2. The fourth-order valence-electron chi connectivity index (χ4n) is 2.71. The topological polar surface area (TPSA) is 72.7 Å². The molecule has 0 spiro atoms. The Hall–Kier alpha value is -1.53. The third-order valence-corrected chi connectivity index (χ3v) is 5.55. The Kier molecular flexibility index (Phi) is 4.92. The first kappa shape index (κ1) is 16.3. The molecule has 0 amide bonds. The first-order chi connectivity index (χ1) is 11.2. The Labute approximate surface area is 140 Å². The SMILES string of the molecule is OCC(CO)(CO)CCc1cccc2c1Nc1ccccc1S2. The van der Waals surface area contributed by atoms with Crippen molar-refractivity contribution in [2.75, 3.05) is 25.1 Å². The molecule has 1 heterocycles. The lowest BCUT2D eigenvalue weighted by atomic mass is 9.84. The fourth-order valence-corrected chi connectivity index (χ4v) is 3.75. The van der Waals surface area contributed by atoms with Gasteiger partial charge in [0.2, 0.25) is 0 Å². The Balaban J connectivity index is 1.84. The highest BCUT2D eigenvalue weighted by Crippen LogP contribution is 2.45. The van der Waals surface area contributed by atoms with Crippen molar-refractivity contribution in [1.29, 1.82) is 0 Å². The highest BCUT2D eigenvalue weighted by molar-refractivity contribution is 7.99. The average molecular weight is 331 g/mol. The zero-order chi connectivity index (χ0) is 16.3. The maximum Gasteiger partial charge on any atom is 0.0558 e. The van der Waals surface area contributed by atoms with Crippen LogP contribution in [0.15, 0.2) is 52.3 Å². The molecule has 0 fully saturated rings. The van der Waals surface area contributed by atoms with Crippen LogP contribution in [0.3, 0.4) is 0 Å². The van der Waals surface area contributed by atoms with Gasteiger partial charge in [0.25, 0.3) is 0 Å². The minimum atomic E-state index is -0.831. The molecule has 5 heteroatoms. The van der Waals surface area contributed by atoms with E-state index in [4.69, 9.17) is 0 Å². The van der Waals surface area contributed by atoms with Crippen molar-refractivity contribution in [3.63, 3.8) is 0 Å². The zero-order valence-electron chi connectivity index (χ0n) is 12.8. The van der Waals surface area contributed by atoms with Crippen molar-refractivity contribution in [3.8, 4) is 0 Å². The zero-order valence-corrected chi connectivity index (χ0v) is 13.6. The monoisotopic (exact) mass is 331 g/mol. The lowest BCUT2D eigenvalue weighted by molar-refractivity contribution is -0.000249. The van der Waals surface area contributed by atoms with E-state index in [-0.39, 0.29) is 19.8 Å². The van der Waals surface area contributed by atoms with E-state index in [2.05, 4.69) is 29.6 Å². The highest BCUT2D eigenvalue weighted by atomic mass is 32.2. The lowest BCUT2D eigenvalue weighted by Gasteiger charge is -2.28. The molecule has 0 bridgehead atoms. The molecule has 0 atom stereocenters. The molecule has 2 aromatic carbocycles. The molecular weight excluding hydrogens is 310 g/mol. The van der Waals surface area contributed by atoms with Gasteiger partial charge >= 0.3 is 0 Å². The number of aliphatic hydroxyl groups excluding tert-OH is 3. The molecule has 4 N–H and O–H groups in total. The van der Waals surface area contributed by atoms with E-state index < -0.39 is 5.41 Å². The Bertz CT molecular complexity index is 677. The summed E-state index contributed by atoms with van der Waals surface area (Å²) in [6.45, 7) is -0.667. The van der Waals surface area contributed by atoms with Crippen LogP contribution in [0.25, 0.3) is 0 Å². The molecule has 0 saturated carbocycles. The second kappa shape index (κ2) is 6.93. The van der Waals surface area contributed by atoms with Crippen molar-refractivity contribution >= 4 is 23.1 Å². The van der Waals surface area contributed by atoms with Gasteiger partial charge in [-0.1, -0.05) is 36.0 Å². The third kappa shape index (κ3) is 3.23. The standard InChI is InChI=1S/C18H21NO3S/c20-10-18(11-21,12-22)9-8-13-4-3-7-16-17(13)19-14-5-1-2-6-15(14)23-16/h1-7,19-22H,8-12H2. The first-order valence-electron chi connectivity index (χ1n) is 7.70. The van der Waals surface area contributed by atoms with Gasteiger partial charge in [-0.2, -0.15) is 0 Å². The summed E-state index contributed by atoms with van der Waals surface area (Å²) in [5.41, 5.74) is 2.47. The summed E-state index contributed by atoms with van der Waals surface area (Å²) in [6.07, 6.45) is 1.21. The molecule has 122 valence electrons. The molecule has 0 saturated heterocycles. The van der Waals surface area contributed by atoms with Gasteiger partial charge in [-0.15, -0.1) is 0 Å². The molecule has 1 aliphatic rings. The summed E-state index contributed by atoms with van der Waals surface area (Å²) in [7, 11) is 0. The van der Waals surface area contributed by atoms with E-state index in [1.807, 2.05) is 18.2 Å². The van der Waals surface area contributed by atoms with Crippen LogP contribution in [-0.2, 0) is 6.42 Å². The van der Waals surface area contributed by atoms with E-state index in [9.17, 15) is 15.3 Å². The Morgan fingerprint density at radius 1 is 0.870 bits per heavy atom. The maximum atomic E-state index is 9.48. The van der Waals surface area contributed by atoms with Crippen LogP contribution in [0, 0.1) is 5.41 Å². The lowest BCUT2D eigenvalue weighted by Crippen LogP contribution is -2.34. The van der Waals surface area contributed by atoms with Gasteiger partial charge in [-0.05, 0) is 36.6 Å². The average Bonchev–Trinajstić information content (AvgIpc) is 2.61. The van der Waals surface area contributed by atoms with Crippen molar-refractivity contribution in [1.82, 2.24) is 0 Å². The first-order valence-corrected chi connectivity index (χ1v) is 8.51. The fraction of sp³-hybridized carbons (Fsp3) is 0.333. The van der Waals surface area contributed by atoms with Crippen LogP contribution in [0.5, 0.6) is 0 Å². The number of rotatable bonds is 6. The smallest absolute Gasteiger partial charge is 0.0558 e. The second-order valence-electron chi connectivity index (χ2n) is 5.99. The number of hydrogen-bond acceptors (Lipinski definition) is 5. The van der Waals surface area contributed by atoms with Crippen LogP contribution < -0.4 is 5.32 Å². The number of aryl methyl sites for hydroxylation is 1. The van der Waals surface area contributed by atoms with Crippen LogP contribution in [0.1, 0.15) is 12.0 Å². The molecule has 0 radical (unpaired) electrons. The quantitative estimate of drug-likeness (QED) is 0.559. The number of anilines is 2. The molecule has 0 aliphatic carbocycles. The molecular formula is C18H21NO3S. The van der Waals surface area contributed by atoms with Crippen molar-refractivity contribution in [3.05, 3.63) is 48.0 Å². The van der Waals surface area contributed by atoms with E-state index in [0.29, 0.717) is 12.8 Å². The number of hydrogen-bond donors (Lipinski definition) is 4. The summed E-state index contributed by atoms with van der Waals surface area (Å²) in [4.78, 5) is 2.37. The van der Waals surface area contributed by atoms with Crippen LogP contribution in [0.2, 0.25) is 0 Å². The van der Waals surface area contributed by atoms with E-state index in [1.165, 1.54) is 9.79 Å². The normalized spacial score (nSPS) is 13.2. The van der Waals surface area contributed by atoms with E-state index >= 15 is 0 Å². The number of para-hydroxylation sites is 2. The molecule has 0 unspecified atom stereocenters. The molecule has 23 heavy (non-hydrogen) atoms. The Morgan fingerprint density at radius 2 is 1.57 bits per heavy atom. The van der Waals surface area contributed by atoms with Gasteiger partial charge in [-0.25, -0.2) is 0 Å². The summed E-state index contributed by atoms with van der Waals surface area (Å²) in [5.74, 6) is 0. The number of fused-ring (bicyclic) bond motifs is 2. The molecule has 3 rings (SSSR count). The largest absolute Gasteiger partial charge is 0.396 e. The Morgan fingerprint density at radius 3 is 2.30 bits per heavy atom. The van der Waals surface area contributed by atoms with Crippen LogP contribution in [-0.4, -0.2) is 35.1 Å². The van der Waals surface area contributed by atoms with Gasteiger partial charge in [0, 0.05) is 15.2 Å². The predicted octanol–water partition coefficient (Wildman–Crippen LogP) is 2.79. The van der Waals surface area contributed by atoms with Crippen molar-refractivity contribution in [2.24, 2.45) is 5.41 Å². The van der Waals surface area contributed by atoms with Gasteiger partial charge in [0.15, 0.2) is 0 Å². The van der Waals surface area contributed by atoms with Crippen LogP contribution in [0.4, 0.5) is 11.4 Å². The number of nitrogens with one attached hydrogen (secondary N) is 1. The highest BCUT2D eigenvalue weighted by Gasteiger charge is 2.28. The number of aliphatic hydroxyl groups is 3. The third-order valence-electron chi connectivity index (χ3n) is 4.41. The van der Waals surface area contributed by atoms with Crippen molar-refractivity contribution < 1.29 is 15.3 Å². The second-order valence-corrected chi connectivity index (χ2v) is 7.07. The van der Waals surface area contributed by atoms with Gasteiger partial charge in [0.05, 0.1) is 31.2 Å². The molecule has 0 aromatic heterocycles. The minimum Gasteiger partial charge on any atom is -0.396 e. The molecule has 2 aromatic rings. The van der Waals surface area contributed by atoms with E-state index in [0.717, 1.165) is 16.9 Å². The molecule has 1 aliphatic heterocycles. The maximum absolute atomic E-state index is 9.48. The molecule has 4 nitrogen and oxygen atoms in total. The summed E-state index contributed by atoms with van der Waals surface area (Å²) < 4.78 is 0. The van der Waals surface area contributed by atoms with Gasteiger partial charge < -0.3 is 20.6 Å². The summed E-state index contributed by atoms with van der Waals surface area (Å²) in [5, 5.41) is 31.9. The van der Waals surface area contributed by atoms with Crippen molar-refractivity contribution in [2.45, 2.75) is 22.6 Å². The summed E-state index contributed by atoms with van der Waals surface area (Å²) >= 11 is 1.74. The van der Waals surface area contributed by atoms with Gasteiger partial charge in [0.1, 0.15) is 0 Å². The summed E-state index contributed by atoms with van der Waals surface area (Å²) in [6, 6.07) is 14.4. The minimum absolute atomic E-state index is 0.222. The van der Waals surface area contributed by atoms with E-state index in [1.54, 1.807) is 11.8 Å².